The average Bonchev–Trinajstić information content (AvgIpc) is 3.31. The van der Waals surface area contributed by atoms with Crippen LogP contribution in [0.15, 0.2) is 65.7 Å². The standard InChI is InChI=1S/C24H23N9O2.C2H4O2/c1-2-15-12-17(14-19(13-15)35-11-8-25)20(30-18-6-4-16(5-7-18)21(26)27)22-31-24(34)33(32-22)23-28-9-3-10-29-23;1-2(3)4/h3-7,9-10,12-14,20,30H,2,11H2,1H3,(H3,26,27)(H,31,32,34);1H3,(H,3,4). The van der Waals surface area contributed by atoms with E-state index < -0.39 is 17.7 Å². The van der Waals surface area contributed by atoms with Crippen LogP contribution >= 0.6 is 0 Å². The van der Waals surface area contributed by atoms with Gasteiger partial charge >= 0.3 is 5.69 Å². The molecule has 2 aromatic heterocycles. The summed E-state index contributed by atoms with van der Waals surface area (Å²) in [5, 5.41) is 31.8. The van der Waals surface area contributed by atoms with Crippen molar-refractivity contribution in [1.29, 1.82) is 10.7 Å². The van der Waals surface area contributed by atoms with E-state index in [9.17, 15) is 4.79 Å². The fraction of sp³-hybridized carbons (Fsp3) is 0.192. The number of benzene rings is 2. The molecule has 0 fully saturated rings. The van der Waals surface area contributed by atoms with Crippen molar-refractivity contribution in [2.75, 3.05) is 11.9 Å². The predicted octanol–water partition coefficient (Wildman–Crippen LogP) is 2.39. The number of nitrogens with zero attached hydrogens (tertiary/aromatic N) is 5. The number of aliphatic carboxylic acids is 1. The Morgan fingerprint density at radius 1 is 1.26 bits per heavy atom. The molecular weight excluding hydrogens is 502 g/mol. The van der Waals surface area contributed by atoms with Crippen molar-refractivity contribution >= 4 is 17.5 Å². The van der Waals surface area contributed by atoms with Crippen molar-refractivity contribution in [3.63, 3.8) is 0 Å². The third-order valence-electron chi connectivity index (χ3n) is 5.19. The van der Waals surface area contributed by atoms with E-state index in [-0.39, 0.29) is 18.4 Å². The van der Waals surface area contributed by atoms with Gasteiger partial charge in [-0.3, -0.25) is 15.2 Å². The largest absolute Gasteiger partial charge is 0.481 e. The highest BCUT2D eigenvalue weighted by Crippen LogP contribution is 2.29. The summed E-state index contributed by atoms with van der Waals surface area (Å²) < 4.78 is 6.67. The number of hydrogen-bond donors (Lipinski definition) is 5. The number of rotatable bonds is 9. The summed E-state index contributed by atoms with van der Waals surface area (Å²) >= 11 is 0. The van der Waals surface area contributed by atoms with Gasteiger partial charge in [-0.2, -0.15) is 5.26 Å². The van der Waals surface area contributed by atoms with Crippen LogP contribution in [0.5, 0.6) is 5.75 Å². The zero-order chi connectivity index (χ0) is 28.4. The number of nitrogen functional groups attached to an aromatic ring is 1. The van der Waals surface area contributed by atoms with Crippen molar-refractivity contribution in [3.05, 3.63) is 93.9 Å². The van der Waals surface area contributed by atoms with Crippen LogP contribution < -0.4 is 21.5 Å². The van der Waals surface area contributed by atoms with Crippen molar-refractivity contribution in [2.24, 2.45) is 5.73 Å². The molecule has 1 unspecified atom stereocenters. The topological polar surface area (TPSA) is 209 Å². The summed E-state index contributed by atoms with van der Waals surface area (Å²) in [6.07, 6.45) is 3.79. The number of carboxylic acid groups (broad SMARTS) is 1. The molecule has 0 aliphatic carbocycles. The number of anilines is 1. The van der Waals surface area contributed by atoms with Gasteiger partial charge in [-0.1, -0.05) is 13.0 Å². The Balaban J connectivity index is 0.000000983. The van der Waals surface area contributed by atoms with Gasteiger partial charge < -0.3 is 20.9 Å². The van der Waals surface area contributed by atoms with E-state index in [0.29, 0.717) is 22.8 Å². The smallest absolute Gasteiger partial charge is 0.350 e. The monoisotopic (exact) mass is 529 g/mol. The molecule has 0 aliphatic heterocycles. The lowest BCUT2D eigenvalue weighted by Gasteiger charge is -2.20. The Bertz CT molecular complexity index is 1520. The summed E-state index contributed by atoms with van der Waals surface area (Å²) in [5.74, 6) is 0.143. The average molecular weight is 530 g/mol. The SMILES string of the molecule is CC(=O)O.CCc1cc(OCC#N)cc(C(Nc2ccc(C(=N)N)cc2)c2nn(-c3ncccn3)c(=O)[nH]2)c1. The third kappa shape index (κ3) is 7.73. The molecule has 200 valence electrons. The molecule has 0 saturated carbocycles. The molecule has 0 spiro atoms. The molecule has 0 radical (unpaired) electrons. The first kappa shape index (κ1) is 28.1. The number of hydrogen-bond acceptors (Lipinski definition) is 9. The van der Waals surface area contributed by atoms with Gasteiger partial charge in [0.1, 0.15) is 23.7 Å². The number of aromatic amines is 1. The molecule has 39 heavy (non-hydrogen) atoms. The molecule has 13 heteroatoms. The molecule has 2 heterocycles. The second-order valence-corrected chi connectivity index (χ2v) is 8.07. The molecule has 0 bridgehead atoms. The van der Waals surface area contributed by atoms with Crippen LogP contribution in [-0.2, 0) is 11.2 Å². The lowest BCUT2D eigenvalue weighted by atomic mass is 10.0. The molecule has 13 nitrogen and oxygen atoms in total. The molecule has 4 rings (SSSR count). The maximum Gasteiger partial charge on any atom is 0.350 e. The zero-order valence-electron chi connectivity index (χ0n) is 21.3. The van der Waals surface area contributed by atoms with Crippen molar-refractivity contribution in [2.45, 2.75) is 26.3 Å². The molecule has 4 aromatic rings. The predicted molar refractivity (Wildman–Crippen MR) is 143 cm³/mol. The normalized spacial score (nSPS) is 10.9. The summed E-state index contributed by atoms with van der Waals surface area (Å²) in [6, 6.07) is 15.7. The summed E-state index contributed by atoms with van der Waals surface area (Å²) in [5.41, 5.74) is 8.14. The molecule has 6 N–H and O–H groups in total. The van der Waals surface area contributed by atoms with Crippen LogP contribution in [0.3, 0.4) is 0 Å². The summed E-state index contributed by atoms with van der Waals surface area (Å²) in [6.45, 7) is 3.01. The maximum absolute atomic E-state index is 12.7. The summed E-state index contributed by atoms with van der Waals surface area (Å²) in [4.78, 5) is 32.7. The van der Waals surface area contributed by atoms with E-state index in [2.05, 4.69) is 25.4 Å². The van der Waals surface area contributed by atoms with Crippen LogP contribution in [0, 0.1) is 16.7 Å². The van der Waals surface area contributed by atoms with Crippen LogP contribution in [0.2, 0.25) is 0 Å². The number of H-pyrrole nitrogens is 1. The van der Waals surface area contributed by atoms with Crippen LogP contribution in [0.25, 0.3) is 5.95 Å². The number of aryl methyl sites for hydroxylation is 1. The quantitative estimate of drug-likeness (QED) is 0.158. The lowest BCUT2D eigenvalue weighted by Crippen LogP contribution is -2.18. The Morgan fingerprint density at radius 2 is 1.92 bits per heavy atom. The van der Waals surface area contributed by atoms with E-state index in [1.807, 2.05) is 25.1 Å². The Morgan fingerprint density at radius 3 is 2.51 bits per heavy atom. The second kappa shape index (κ2) is 13.2. The number of nitriles is 1. The van der Waals surface area contributed by atoms with Crippen LogP contribution in [0.1, 0.15) is 42.4 Å². The van der Waals surface area contributed by atoms with Gasteiger partial charge in [-0.15, -0.1) is 9.78 Å². The first-order chi connectivity index (χ1) is 18.7. The minimum Gasteiger partial charge on any atom is -0.481 e. The molecule has 2 aromatic carbocycles. The molecule has 0 aliphatic rings. The lowest BCUT2D eigenvalue weighted by molar-refractivity contribution is -0.134. The van der Waals surface area contributed by atoms with Crippen molar-refractivity contribution < 1.29 is 14.6 Å². The zero-order valence-corrected chi connectivity index (χ0v) is 21.3. The van der Waals surface area contributed by atoms with Crippen LogP contribution in [0.4, 0.5) is 5.69 Å². The number of ether oxygens (including phenoxy) is 1. The third-order valence-corrected chi connectivity index (χ3v) is 5.19. The highest BCUT2D eigenvalue weighted by atomic mass is 16.5. The number of carboxylic acids is 1. The van der Waals surface area contributed by atoms with E-state index in [0.717, 1.165) is 29.2 Å². The molecule has 0 saturated heterocycles. The van der Waals surface area contributed by atoms with Crippen LogP contribution in [-0.4, -0.2) is 48.3 Å². The number of nitrogens with two attached hydrogens (primary N) is 1. The fourth-order valence-electron chi connectivity index (χ4n) is 3.48. The molecule has 0 amide bonds. The van der Waals surface area contributed by atoms with Gasteiger partial charge in [-0.25, -0.2) is 14.8 Å². The highest BCUT2D eigenvalue weighted by Gasteiger charge is 2.22. The number of carbonyl (C=O) groups is 1. The minimum atomic E-state index is -0.833. The van der Waals surface area contributed by atoms with Gasteiger partial charge in [0.15, 0.2) is 12.4 Å². The summed E-state index contributed by atoms with van der Waals surface area (Å²) in [7, 11) is 0. The highest BCUT2D eigenvalue weighted by molar-refractivity contribution is 5.95. The first-order valence-corrected chi connectivity index (χ1v) is 11.7. The van der Waals surface area contributed by atoms with Crippen molar-refractivity contribution in [3.8, 4) is 17.8 Å². The van der Waals surface area contributed by atoms with Gasteiger partial charge in [-0.05, 0) is 60.0 Å². The van der Waals surface area contributed by atoms with E-state index in [1.165, 1.54) is 12.4 Å². The number of amidine groups is 1. The van der Waals surface area contributed by atoms with E-state index >= 15 is 0 Å². The second-order valence-electron chi connectivity index (χ2n) is 8.07. The Kier molecular flexibility index (Phi) is 9.47. The number of nitrogens with one attached hydrogen (secondary N) is 3. The Hall–Kier alpha value is -5.51. The molecular formula is C26H27N9O4. The van der Waals surface area contributed by atoms with Gasteiger partial charge in [0.05, 0.1) is 0 Å². The Labute approximate surface area is 223 Å². The van der Waals surface area contributed by atoms with E-state index in [1.54, 1.807) is 36.4 Å². The van der Waals surface area contributed by atoms with Gasteiger partial charge in [0, 0.05) is 30.6 Å². The maximum atomic E-state index is 12.7. The van der Waals surface area contributed by atoms with Gasteiger partial charge in [0.25, 0.3) is 11.9 Å². The van der Waals surface area contributed by atoms with Crippen molar-refractivity contribution in [1.82, 2.24) is 24.7 Å². The molecule has 1 atom stereocenters. The van der Waals surface area contributed by atoms with Gasteiger partial charge in [0.2, 0.25) is 0 Å². The minimum absolute atomic E-state index is 0.0334. The number of aromatic nitrogens is 5. The van der Waals surface area contributed by atoms with E-state index in [4.69, 9.17) is 31.0 Å². The fourth-order valence-corrected chi connectivity index (χ4v) is 3.48. The first-order valence-electron chi connectivity index (χ1n) is 11.7.